The second-order valence-electron chi connectivity index (χ2n) is 4.75. The molecular formula is C14H11ClF3N3O. The fourth-order valence-corrected chi connectivity index (χ4v) is 2.50. The molecule has 0 radical (unpaired) electrons. The van der Waals surface area contributed by atoms with Gasteiger partial charge in [-0.1, -0.05) is 30.3 Å². The first kappa shape index (κ1) is 15.1. The van der Waals surface area contributed by atoms with Crippen LogP contribution in [0, 0.1) is 0 Å². The quantitative estimate of drug-likeness (QED) is 0.780. The van der Waals surface area contributed by atoms with E-state index in [9.17, 15) is 13.2 Å². The molecule has 0 saturated carbocycles. The van der Waals surface area contributed by atoms with Gasteiger partial charge in [0.05, 0.1) is 12.6 Å². The molecule has 0 aliphatic carbocycles. The molecular weight excluding hydrogens is 319 g/mol. The summed E-state index contributed by atoms with van der Waals surface area (Å²) >= 11 is 5.67. The zero-order valence-corrected chi connectivity index (χ0v) is 12.0. The molecule has 4 nitrogen and oxygen atoms in total. The Morgan fingerprint density at radius 3 is 2.64 bits per heavy atom. The van der Waals surface area contributed by atoms with Gasteiger partial charge < -0.3 is 0 Å². The minimum absolute atomic E-state index is 0.259. The van der Waals surface area contributed by atoms with Crippen LogP contribution in [0.25, 0.3) is 0 Å². The van der Waals surface area contributed by atoms with Crippen molar-refractivity contribution >= 4 is 17.4 Å². The maximum atomic E-state index is 13.2. The highest BCUT2D eigenvalue weighted by molar-refractivity contribution is 6.28. The molecule has 1 aromatic carbocycles. The number of anilines is 1. The van der Waals surface area contributed by atoms with Crippen LogP contribution in [0.3, 0.4) is 0 Å². The fraction of sp³-hybridized carbons (Fsp3) is 0.286. The van der Waals surface area contributed by atoms with Gasteiger partial charge in [-0.15, -0.1) is 0 Å². The van der Waals surface area contributed by atoms with Crippen molar-refractivity contribution in [1.82, 2.24) is 9.97 Å². The standard InChI is InChI=1S/C14H11ClF3N3O/c15-13-19-8-10(14(16,17)18)12(20-13)21-11(6-7-22-21)9-4-2-1-3-5-9/h1-5,8,11H,6-7H2. The van der Waals surface area contributed by atoms with Crippen LogP contribution in [0.1, 0.15) is 23.6 Å². The monoisotopic (exact) mass is 329 g/mol. The number of halogens is 4. The van der Waals surface area contributed by atoms with Gasteiger partial charge in [0.2, 0.25) is 5.28 Å². The summed E-state index contributed by atoms with van der Waals surface area (Å²) in [5.41, 5.74) is -0.123. The topological polar surface area (TPSA) is 38.2 Å². The first-order chi connectivity index (χ1) is 10.5. The molecule has 1 aliphatic heterocycles. The van der Waals surface area contributed by atoms with Crippen LogP contribution in [-0.2, 0) is 11.0 Å². The molecule has 0 amide bonds. The van der Waals surface area contributed by atoms with Gasteiger partial charge in [0.1, 0.15) is 5.56 Å². The van der Waals surface area contributed by atoms with E-state index in [-0.39, 0.29) is 17.1 Å². The number of benzene rings is 1. The molecule has 8 heteroatoms. The predicted molar refractivity (Wildman–Crippen MR) is 74.3 cm³/mol. The van der Waals surface area contributed by atoms with Crippen molar-refractivity contribution in [3.8, 4) is 0 Å². The predicted octanol–water partition coefficient (Wildman–Crippen LogP) is 4.03. The highest BCUT2D eigenvalue weighted by Gasteiger charge is 2.40. The Morgan fingerprint density at radius 1 is 1.23 bits per heavy atom. The molecule has 3 rings (SSSR count). The number of nitrogens with zero attached hydrogens (tertiary/aromatic N) is 3. The summed E-state index contributed by atoms with van der Waals surface area (Å²) in [5.74, 6) is -0.362. The summed E-state index contributed by atoms with van der Waals surface area (Å²) < 4.78 is 39.5. The normalized spacial score (nSPS) is 18.7. The van der Waals surface area contributed by atoms with Crippen LogP contribution in [0.2, 0.25) is 5.28 Å². The molecule has 1 unspecified atom stereocenters. The molecule has 1 saturated heterocycles. The van der Waals surface area contributed by atoms with Crippen LogP contribution in [-0.4, -0.2) is 16.6 Å². The Bertz CT molecular complexity index is 666. The zero-order chi connectivity index (χ0) is 15.7. The average molecular weight is 330 g/mol. The molecule has 1 atom stereocenters. The lowest BCUT2D eigenvalue weighted by Crippen LogP contribution is -2.26. The van der Waals surface area contributed by atoms with Crippen LogP contribution < -0.4 is 5.06 Å². The lowest BCUT2D eigenvalue weighted by atomic mass is 10.0. The Kier molecular flexibility index (Phi) is 3.92. The summed E-state index contributed by atoms with van der Waals surface area (Å²) in [6, 6.07) is 8.80. The summed E-state index contributed by atoms with van der Waals surface area (Å²) in [4.78, 5) is 12.5. The van der Waals surface area contributed by atoms with E-state index < -0.39 is 11.7 Å². The lowest BCUT2D eigenvalue weighted by Gasteiger charge is -2.26. The first-order valence-corrected chi connectivity index (χ1v) is 6.91. The van der Waals surface area contributed by atoms with Gasteiger partial charge in [0.25, 0.3) is 0 Å². The Balaban J connectivity index is 2.05. The van der Waals surface area contributed by atoms with Gasteiger partial charge in [-0.3, -0.25) is 4.84 Å². The van der Waals surface area contributed by atoms with E-state index in [0.717, 1.165) is 5.56 Å². The van der Waals surface area contributed by atoms with Crippen molar-refractivity contribution in [3.63, 3.8) is 0 Å². The summed E-state index contributed by atoms with van der Waals surface area (Å²) in [5, 5.41) is 0.913. The van der Waals surface area contributed by atoms with Gasteiger partial charge in [0, 0.05) is 12.6 Å². The van der Waals surface area contributed by atoms with E-state index in [2.05, 4.69) is 9.97 Å². The van der Waals surface area contributed by atoms with Crippen LogP contribution >= 0.6 is 11.6 Å². The van der Waals surface area contributed by atoms with Gasteiger partial charge in [-0.2, -0.15) is 18.2 Å². The third kappa shape index (κ3) is 2.86. The van der Waals surface area contributed by atoms with Crippen molar-refractivity contribution in [3.05, 3.63) is 52.9 Å². The zero-order valence-electron chi connectivity index (χ0n) is 11.2. The number of hydrogen-bond acceptors (Lipinski definition) is 4. The summed E-state index contributed by atoms with van der Waals surface area (Å²) in [6.07, 6.45) is -3.36. The number of alkyl halides is 3. The van der Waals surface area contributed by atoms with Crippen LogP contribution in [0.15, 0.2) is 36.5 Å². The molecule has 2 aromatic rings. The van der Waals surface area contributed by atoms with Gasteiger partial charge in [0.15, 0.2) is 5.82 Å². The fourth-order valence-electron chi connectivity index (χ4n) is 2.38. The molecule has 1 aromatic heterocycles. The number of aromatic nitrogens is 2. The molecule has 1 aliphatic rings. The second kappa shape index (κ2) is 5.73. The van der Waals surface area contributed by atoms with Gasteiger partial charge in [-0.05, 0) is 17.2 Å². The number of rotatable bonds is 2. The van der Waals surface area contributed by atoms with E-state index in [1.54, 1.807) is 0 Å². The average Bonchev–Trinajstić information content (AvgIpc) is 2.96. The molecule has 116 valence electrons. The third-order valence-electron chi connectivity index (χ3n) is 3.34. The van der Waals surface area contributed by atoms with Crippen molar-refractivity contribution in [2.24, 2.45) is 0 Å². The lowest BCUT2D eigenvalue weighted by molar-refractivity contribution is -0.138. The molecule has 1 fully saturated rings. The third-order valence-corrected chi connectivity index (χ3v) is 3.52. The van der Waals surface area contributed by atoms with Crippen LogP contribution in [0.4, 0.5) is 19.0 Å². The van der Waals surface area contributed by atoms with Crippen LogP contribution in [0.5, 0.6) is 0 Å². The maximum Gasteiger partial charge on any atom is 0.421 e. The van der Waals surface area contributed by atoms with Crippen molar-refractivity contribution < 1.29 is 18.0 Å². The minimum Gasteiger partial charge on any atom is -0.271 e. The van der Waals surface area contributed by atoms with E-state index in [0.29, 0.717) is 19.2 Å². The largest absolute Gasteiger partial charge is 0.421 e. The van der Waals surface area contributed by atoms with E-state index >= 15 is 0 Å². The first-order valence-electron chi connectivity index (χ1n) is 6.53. The molecule has 0 bridgehead atoms. The van der Waals surface area contributed by atoms with Gasteiger partial charge in [-0.25, -0.2) is 10.0 Å². The minimum atomic E-state index is -4.59. The van der Waals surface area contributed by atoms with Gasteiger partial charge >= 0.3 is 6.18 Å². The summed E-state index contributed by atoms with van der Waals surface area (Å²) in [6.45, 7) is 0.304. The Hall–Kier alpha value is -1.86. The molecule has 22 heavy (non-hydrogen) atoms. The van der Waals surface area contributed by atoms with E-state index in [1.165, 1.54) is 5.06 Å². The molecule has 2 heterocycles. The summed E-state index contributed by atoms with van der Waals surface area (Å²) in [7, 11) is 0. The Morgan fingerprint density at radius 2 is 1.95 bits per heavy atom. The Labute approximate surface area is 129 Å². The smallest absolute Gasteiger partial charge is 0.271 e. The van der Waals surface area contributed by atoms with Crippen molar-refractivity contribution in [2.75, 3.05) is 11.7 Å². The van der Waals surface area contributed by atoms with Crippen molar-refractivity contribution in [1.29, 1.82) is 0 Å². The molecule has 0 N–H and O–H groups in total. The number of hydrogen-bond donors (Lipinski definition) is 0. The van der Waals surface area contributed by atoms with Crippen molar-refractivity contribution in [2.45, 2.75) is 18.6 Å². The SMILES string of the molecule is FC(F)(F)c1cnc(Cl)nc1N1OCCC1c1ccccc1. The number of hydroxylamine groups is 1. The highest BCUT2D eigenvalue weighted by atomic mass is 35.5. The van der Waals surface area contributed by atoms with E-state index in [4.69, 9.17) is 16.4 Å². The second-order valence-corrected chi connectivity index (χ2v) is 5.09. The van der Waals surface area contributed by atoms with E-state index in [1.807, 2.05) is 30.3 Å². The molecule has 0 spiro atoms. The maximum absolute atomic E-state index is 13.2. The highest BCUT2D eigenvalue weighted by Crippen LogP contribution is 2.41.